The molecule has 0 aromatic heterocycles. The van der Waals surface area contributed by atoms with Gasteiger partial charge in [-0.3, -0.25) is 4.72 Å². The van der Waals surface area contributed by atoms with Crippen LogP contribution < -0.4 is 10.0 Å². The summed E-state index contributed by atoms with van der Waals surface area (Å²) >= 11 is 1.92. The monoisotopic (exact) mass is 580 g/mol. The van der Waals surface area contributed by atoms with E-state index in [-0.39, 0.29) is 11.4 Å². The highest BCUT2D eigenvalue weighted by molar-refractivity contribution is 14.1. The van der Waals surface area contributed by atoms with Gasteiger partial charge in [-0.15, -0.1) is 0 Å². The van der Waals surface area contributed by atoms with E-state index < -0.39 is 33.3 Å². The van der Waals surface area contributed by atoms with Crippen molar-refractivity contribution in [2.24, 2.45) is 0 Å². The lowest BCUT2D eigenvalue weighted by atomic mass is 10.1. The fraction of sp³-hybridized carbons (Fsp3) is 0.429. The molecule has 0 spiro atoms. The van der Waals surface area contributed by atoms with Crippen molar-refractivity contribution in [1.82, 2.24) is 9.21 Å². The third kappa shape index (κ3) is 5.15. The third-order valence-corrected chi connectivity index (χ3v) is 8.18. The summed E-state index contributed by atoms with van der Waals surface area (Å²) in [5.74, 6) is -3.14. The average molecular weight is 580 g/mol. The van der Waals surface area contributed by atoms with E-state index >= 15 is 0 Å². The zero-order valence-corrected chi connectivity index (χ0v) is 20.4. The Kier molecular flexibility index (Phi) is 6.89. The minimum absolute atomic E-state index is 0.0979. The largest absolute Gasteiger partial charge is 0.349 e. The highest BCUT2D eigenvalue weighted by Crippen LogP contribution is 2.34. The molecule has 174 valence electrons. The Morgan fingerprint density at radius 3 is 2.22 bits per heavy atom. The Labute approximate surface area is 199 Å². The van der Waals surface area contributed by atoms with Crippen LogP contribution in [0.25, 0.3) is 0 Å². The number of benzene rings is 2. The van der Waals surface area contributed by atoms with Crippen LogP contribution in [0.4, 0.5) is 30.2 Å². The lowest BCUT2D eigenvalue weighted by Crippen LogP contribution is -2.47. The fourth-order valence-corrected chi connectivity index (χ4v) is 5.68. The first-order valence-electron chi connectivity index (χ1n) is 10.4. The van der Waals surface area contributed by atoms with Crippen LogP contribution in [-0.4, -0.2) is 49.8 Å². The van der Waals surface area contributed by atoms with Gasteiger partial charge in [-0.1, -0.05) is 0 Å². The van der Waals surface area contributed by atoms with E-state index in [1.807, 2.05) is 22.6 Å². The number of piperidine rings is 1. The van der Waals surface area contributed by atoms with Crippen molar-refractivity contribution in [3.05, 3.63) is 51.4 Å². The van der Waals surface area contributed by atoms with Gasteiger partial charge in [0.2, 0.25) is 0 Å². The molecule has 1 aliphatic heterocycles. The number of hydrogen-bond donors (Lipinski definition) is 2. The van der Waals surface area contributed by atoms with Crippen LogP contribution in [0.2, 0.25) is 0 Å². The summed E-state index contributed by atoms with van der Waals surface area (Å²) in [6.45, 7) is 0.657. The second kappa shape index (κ2) is 9.35. The van der Waals surface area contributed by atoms with Crippen molar-refractivity contribution in [3.8, 4) is 0 Å². The first kappa shape index (κ1) is 23.6. The molecule has 0 radical (unpaired) electrons. The molecule has 2 N–H and O–H groups in total. The lowest BCUT2D eigenvalue weighted by Gasteiger charge is -2.36. The molecule has 0 atom stereocenters. The highest BCUT2D eigenvalue weighted by Gasteiger charge is 2.35. The molecule has 2 aliphatic rings. The Morgan fingerprint density at radius 1 is 0.969 bits per heavy atom. The van der Waals surface area contributed by atoms with E-state index in [0.717, 1.165) is 12.1 Å². The second-order valence-corrected chi connectivity index (χ2v) is 11.1. The molecule has 2 aromatic carbocycles. The molecule has 6 nitrogen and oxygen atoms in total. The number of halogens is 4. The molecule has 32 heavy (non-hydrogen) atoms. The molecule has 2 aromatic rings. The summed E-state index contributed by atoms with van der Waals surface area (Å²) < 4.78 is 73.0. The van der Waals surface area contributed by atoms with Crippen molar-refractivity contribution < 1.29 is 21.6 Å². The Bertz CT molecular complexity index is 1110. The summed E-state index contributed by atoms with van der Waals surface area (Å²) in [7, 11) is -1.93. The minimum Gasteiger partial charge on any atom is -0.349 e. The van der Waals surface area contributed by atoms with Crippen molar-refractivity contribution >= 4 is 49.9 Å². The second-order valence-electron chi connectivity index (χ2n) is 8.17. The average Bonchev–Trinajstić information content (AvgIpc) is 3.60. The van der Waals surface area contributed by atoms with E-state index in [2.05, 4.69) is 22.0 Å². The zero-order valence-electron chi connectivity index (χ0n) is 17.4. The zero-order chi connectivity index (χ0) is 23.0. The number of hydrogen-bond acceptors (Lipinski definition) is 4. The summed E-state index contributed by atoms with van der Waals surface area (Å²) in [6.07, 6.45) is 3.77. The van der Waals surface area contributed by atoms with Crippen molar-refractivity contribution in [1.29, 1.82) is 0 Å². The van der Waals surface area contributed by atoms with E-state index in [0.29, 0.717) is 41.6 Å². The molecule has 2 fully saturated rings. The van der Waals surface area contributed by atoms with Gasteiger partial charge >= 0.3 is 10.2 Å². The van der Waals surface area contributed by atoms with Crippen LogP contribution >= 0.6 is 22.6 Å². The fourth-order valence-electron chi connectivity index (χ4n) is 3.96. The molecule has 1 saturated heterocycles. The maximum atomic E-state index is 14.6. The predicted octanol–water partition coefficient (Wildman–Crippen LogP) is 4.67. The maximum absolute atomic E-state index is 14.6. The minimum atomic E-state index is -4.01. The van der Waals surface area contributed by atoms with Crippen molar-refractivity contribution in [2.75, 3.05) is 30.2 Å². The van der Waals surface area contributed by atoms with Crippen molar-refractivity contribution in [2.45, 2.75) is 37.8 Å². The molecule has 4 rings (SSSR count). The molecule has 11 heteroatoms. The van der Waals surface area contributed by atoms with Gasteiger partial charge in [0.05, 0.1) is 11.4 Å². The van der Waals surface area contributed by atoms with Gasteiger partial charge in [0.1, 0.15) is 11.5 Å². The third-order valence-electron chi connectivity index (χ3n) is 5.99. The lowest BCUT2D eigenvalue weighted by molar-refractivity contribution is 0.162. The van der Waals surface area contributed by atoms with Crippen LogP contribution in [0.5, 0.6) is 0 Å². The predicted molar refractivity (Wildman–Crippen MR) is 127 cm³/mol. The Balaban J connectivity index is 1.52. The maximum Gasteiger partial charge on any atom is 0.301 e. The number of nitrogens with one attached hydrogen (secondary N) is 2. The van der Waals surface area contributed by atoms with Gasteiger partial charge in [-0.2, -0.15) is 12.7 Å². The van der Waals surface area contributed by atoms with E-state index in [4.69, 9.17) is 0 Å². The summed E-state index contributed by atoms with van der Waals surface area (Å²) in [4.78, 5) is 2.32. The number of anilines is 3. The molecule has 1 aliphatic carbocycles. The van der Waals surface area contributed by atoms with Crippen LogP contribution in [-0.2, 0) is 10.2 Å². The van der Waals surface area contributed by atoms with Gasteiger partial charge in [-0.05, 0) is 85.7 Å². The SMILES string of the molecule is CN(C1CC1)C1CCN(S(=O)(=O)Nc2ccc(F)c(F)c2Nc2ccc(I)cc2F)CC1. The molecular formula is C21H24F3IN4O2S. The van der Waals surface area contributed by atoms with Crippen LogP contribution in [0.15, 0.2) is 30.3 Å². The van der Waals surface area contributed by atoms with Gasteiger partial charge in [0.15, 0.2) is 11.6 Å². The Morgan fingerprint density at radius 2 is 1.59 bits per heavy atom. The van der Waals surface area contributed by atoms with E-state index in [9.17, 15) is 21.6 Å². The molecular weight excluding hydrogens is 556 g/mol. The van der Waals surface area contributed by atoms with Gasteiger partial charge in [-0.25, -0.2) is 13.2 Å². The van der Waals surface area contributed by atoms with Gasteiger partial charge in [0, 0.05) is 28.7 Å². The molecule has 0 amide bonds. The van der Waals surface area contributed by atoms with Crippen molar-refractivity contribution in [3.63, 3.8) is 0 Å². The molecule has 1 saturated carbocycles. The topological polar surface area (TPSA) is 64.7 Å². The summed E-state index contributed by atoms with van der Waals surface area (Å²) in [5.41, 5.74) is -0.768. The molecule has 1 heterocycles. The van der Waals surface area contributed by atoms with Gasteiger partial charge < -0.3 is 10.2 Å². The number of rotatable bonds is 7. The molecule has 0 unspecified atom stereocenters. The molecule has 0 bridgehead atoms. The first-order valence-corrected chi connectivity index (χ1v) is 12.9. The van der Waals surface area contributed by atoms with E-state index in [1.54, 1.807) is 6.07 Å². The standard InChI is InChI=1S/C21H24F3IN4O2S/c1-28(14-3-4-14)15-8-10-29(11-9-15)32(30,31)27-19-7-5-16(22)20(24)21(19)26-18-6-2-13(25)12-17(18)23/h2,5-7,12,14-15,26-27H,3-4,8-11H2,1H3. The van der Waals surface area contributed by atoms with Crippen LogP contribution in [0.3, 0.4) is 0 Å². The summed E-state index contributed by atoms with van der Waals surface area (Å²) in [6, 6.07) is 7.08. The number of nitrogens with zero attached hydrogens (tertiary/aromatic N) is 2. The first-order chi connectivity index (χ1) is 15.2. The smallest absolute Gasteiger partial charge is 0.301 e. The van der Waals surface area contributed by atoms with E-state index in [1.165, 1.54) is 29.3 Å². The normalized spacial score (nSPS) is 18.2. The Hall–Kier alpha value is -1.57. The van der Waals surface area contributed by atoms with Crippen LogP contribution in [0, 0.1) is 21.0 Å². The van der Waals surface area contributed by atoms with Crippen LogP contribution in [0.1, 0.15) is 25.7 Å². The van der Waals surface area contributed by atoms with Gasteiger partial charge in [0.25, 0.3) is 0 Å². The summed E-state index contributed by atoms with van der Waals surface area (Å²) in [5, 5.41) is 2.50. The highest BCUT2D eigenvalue weighted by atomic mass is 127. The quantitative estimate of drug-likeness (QED) is 0.468.